The van der Waals surface area contributed by atoms with E-state index in [1.807, 2.05) is 0 Å². The maximum Gasteiger partial charge on any atom is 0.308 e. The summed E-state index contributed by atoms with van der Waals surface area (Å²) in [5, 5.41) is 0. The molecule has 1 rings (SSSR count). The lowest BCUT2D eigenvalue weighted by Gasteiger charge is -2.51. The minimum atomic E-state index is -1.65. The van der Waals surface area contributed by atoms with Gasteiger partial charge in [-0.05, 0) is 41.5 Å². The minimum absolute atomic E-state index is 0. The Morgan fingerprint density at radius 2 is 1.00 bits per heavy atom. The Kier molecular flexibility index (Phi) is 12.2. The first-order valence-electron chi connectivity index (χ1n) is 9.15. The monoisotopic (exact) mass is 368 g/mol. The van der Waals surface area contributed by atoms with Gasteiger partial charge in [-0.2, -0.15) is 0 Å². The van der Waals surface area contributed by atoms with Crippen LogP contribution in [0.15, 0.2) is 0 Å². The molecule has 0 unspecified atom stereocenters. The molecule has 7 heteroatoms. The average molecular weight is 369 g/mol. The molecule has 0 aromatic rings. The van der Waals surface area contributed by atoms with Crippen molar-refractivity contribution < 1.29 is 17.1 Å². The van der Waals surface area contributed by atoms with E-state index < -0.39 is 7.87 Å². The molecule has 1 saturated heterocycles. The van der Waals surface area contributed by atoms with Crippen LogP contribution in [0.5, 0.6) is 0 Å². The third-order valence-corrected chi connectivity index (χ3v) is 9.83. The lowest BCUT2D eigenvalue weighted by Crippen LogP contribution is -3.00. The van der Waals surface area contributed by atoms with E-state index in [1.54, 1.807) is 0 Å². The van der Waals surface area contributed by atoms with Gasteiger partial charge in [0.2, 0.25) is 0 Å². The van der Waals surface area contributed by atoms with Crippen LogP contribution in [0, 0.1) is 0 Å². The molecule has 0 N–H and O–H groups in total. The first-order valence-corrected chi connectivity index (χ1v) is 10.7. The third-order valence-electron chi connectivity index (χ3n) is 4.70. The molecule has 0 aromatic carbocycles. The second kappa shape index (κ2) is 12.0. The minimum Gasteiger partial charge on any atom is -1.00 e. The van der Waals surface area contributed by atoms with Crippen LogP contribution in [-0.4, -0.2) is 84.3 Å². The zero-order valence-corrected chi connectivity index (χ0v) is 17.7. The molecule has 0 aliphatic carbocycles. The van der Waals surface area contributed by atoms with E-state index in [0.29, 0.717) is 0 Å². The SMILES string of the molecule is CCN(CC)[P+](N(CC)CC)(N(CC)CC)N1CCOCC1.[Cl-]. The average Bonchev–Trinajstić information content (AvgIpc) is 2.58. The van der Waals surface area contributed by atoms with Crippen LogP contribution in [0.25, 0.3) is 0 Å². The van der Waals surface area contributed by atoms with Crippen LogP contribution in [0.2, 0.25) is 0 Å². The Hall–Kier alpha value is 0.520. The van der Waals surface area contributed by atoms with Crippen molar-refractivity contribution in [2.75, 3.05) is 65.6 Å². The van der Waals surface area contributed by atoms with Gasteiger partial charge in [-0.3, -0.25) is 0 Å². The summed E-state index contributed by atoms with van der Waals surface area (Å²) >= 11 is 0. The van der Waals surface area contributed by atoms with E-state index in [1.165, 1.54) is 0 Å². The quantitative estimate of drug-likeness (QED) is 0.506. The molecule has 5 nitrogen and oxygen atoms in total. The molecular weight excluding hydrogens is 331 g/mol. The normalized spacial score (nSPS) is 17.1. The zero-order valence-electron chi connectivity index (χ0n) is 16.1. The van der Waals surface area contributed by atoms with Gasteiger partial charge < -0.3 is 17.1 Å². The molecule has 1 fully saturated rings. The molecule has 0 saturated carbocycles. The highest BCUT2D eigenvalue weighted by Gasteiger charge is 2.59. The van der Waals surface area contributed by atoms with E-state index >= 15 is 0 Å². The highest BCUT2D eigenvalue weighted by Crippen LogP contribution is 2.69. The highest BCUT2D eigenvalue weighted by molar-refractivity contribution is 7.66. The first-order chi connectivity index (χ1) is 10.7. The van der Waals surface area contributed by atoms with Crippen molar-refractivity contribution in [1.82, 2.24) is 18.7 Å². The standard InChI is InChI=1S/C16H38N4OP.ClH/c1-7-17(8-2)22(18(9-3)10-4,19(11-5)12-6)20-13-15-21-16-14-20;/h7-16H2,1-6H3;1H/q+1;/p-1. The van der Waals surface area contributed by atoms with Gasteiger partial charge in [-0.25, -0.2) is 0 Å². The molecule has 0 aromatic heterocycles. The van der Waals surface area contributed by atoms with Gasteiger partial charge in [-0.1, -0.05) is 0 Å². The van der Waals surface area contributed by atoms with Crippen LogP contribution in [0.3, 0.4) is 0 Å². The maximum atomic E-state index is 5.66. The third kappa shape index (κ3) is 4.78. The van der Waals surface area contributed by atoms with Crippen LogP contribution in [0.4, 0.5) is 0 Å². The molecule has 0 spiro atoms. The summed E-state index contributed by atoms with van der Waals surface area (Å²) in [5.41, 5.74) is 0. The van der Waals surface area contributed by atoms with Crippen molar-refractivity contribution in [3.63, 3.8) is 0 Å². The van der Waals surface area contributed by atoms with Crippen LogP contribution in [-0.2, 0) is 4.74 Å². The number of rotatable bonds is 10. The van der Waals surface area contributed by atoms with E-state index in [2.05, 4.69) is 60.2 Å². The molecule has 140 valence electrons. The van der Waals surface area contributed by atoms with Crippen molar-refractivity contribution >= 4 is 7.87 Å². The fourth-order valence-electron chi connectivity index (χ4n) is 3.70. The molecule has 23 heavy (non-hydrogen) atoms. The van der Waals surface area contributed by atoms with Crippen LogP contribution < -0.4 is 12.4 Å². The molecule has 1 aliphatic rings. The zero-order chi connectivity index (χ0) is 16.6. The smallest absolute Gasteiger partial charge is 0.308 e. The molecule has 0 amide bonds. The topological polar surface area (TPSA) is 22.2 Å². The summed E-state index contributed by atoms with van der Waals surface area (Å²) in [7, 11) is -1.65. The van der Waals surface area contributed by atoms with E-state index in [0.717, 1.165) is 65.6 Å². The van der Waals surface area contributed by atoms with Gasteiger partial charge in [0.05, 0.1) is 26.3 Å². The van der Waals surface area contributed by atoms with Crippen molar-refractivity contribution in [1.29, 1.82) is 0 Å². The Morgan fingerprint density at radius 3 is 1.26 bits per heavy atom. The molecular formula is C16H38ClN4OP. The summed E-state index contributed by atoms with van der Waals surface area (Å²) in [6.45, 7) is 24.3. The predicted octanol–water partition coefficient (Wildman–Crippen LogP) is 0.0256. The summed E-state index contributed by atoms with van der Waals surface area (Å²) in [6.07, 6.45) is 0. The maximum absolute atomic E-state index is 5.66. The van der Waals surface area contributed by atoms with Gasteiger partial charge in [0.15, 0.2) is 0 Å². The lowest BCUT2D eigenvalue weighted by molar-refractivity contribution is -0.00000602. The largest absolute Gasteiger partial charge is 1.00 e. The molecule has 0 radical (unpaired) electrons. The summed E-state index contributed by atoms with van der Waals surface area (Å²) in [5.74, 6) is 0. The number of morpholine rings is 1. The second-order valence-corrected chi connectivity index (χ2v) is 8.86. The summed E-state index contributed by atoms with van der Waals surface area (Å²) < 4.78 is 16.6. The number of nitrogens with zero attached hydrogens (tertiary/aromatic N) is 4. The van der Waals surface area contributed by atoms with E-state index in [9.17, 15) is 0 Å². The first kappa shape index (κ1) is 23.5. The van der Waals surface area contributed by atoms with Gasteiger partial charge in [-0.15, -0.1) is 18.7 Å². The van der Waals surface area contributed by atoms with Crippen molar-refractivity contribution in [3.8, 4) is 0 Å². The number of ether oxygens (including phenoxy) is 1. The van der Waals surface area contributed by atoms with Gasteiger partial charge in [0.25, 0.3) is 0 Å². The fraction of sp³-hybridized carbons (Fsp3) is 1.00. The van der Waals surface area contributed by atoms with E-state index in [4.69, 9.17) is 4.74 Å². The lowest BCUT2D eigenvalue weighted by atomic mass is 10.5. The van der Waals surface area contributed by atoms with Crippen LogP contribution >= 0.6 is 7.87 Å². The predicted molar refractivity (Wildman–Crippen MR) is 98.1 cm³/mol. The molecule has 1 aliphatic heterocycles. The Labute approximate surface area is 151 Å². The molecule has 1 heterocycles. The summed E-state index contributed by atoms with van der Waals surface area (Å²) in [6, 6.07) is 0. The van der Waals surface area contributed by atoms with Crippen molar-refractivity contribution in [3.05, 3.63) is 0 Å². The Bertz CT molecular complexity index is 263. The summed E-state index contributed by atoms with van der Waals surface area (Å²) in [4.78, 5) is 0. The number of hydrogen-bond acceptors (Lipinski definition) is 5. The second-order valence-electron chi connectivity index (χ2n) is 5.52. The molecule has 0 atom stereocenters. The number of halogens is 1. The number of hydrogen-bond donors (Lipinski definition) is 0. The molecule has 0 bridgehead atoms. The van der Waals surface area contributed by atoms with Gasteiger partial charge in [0, 0.05) is 39.3 Å². The highest BCUT2D eigenvalue weighted by atomic mass is 35.5. The van der Waals surface area contributed by atoms with Crippen molar-refractivity contribution in [2.45, 2.75) is 41.5 Å². The Morgan fingerprint density at radius 1 is 0.696 bits per heavy atom. The van der Waals surface area contributed by atoms with E-state index in [-0.39, 0.29) is 12.4 Å². The van der Waals surface area contributed by atoms with Crippen molar-refractivity contribution in [2.24, 2.45) is 0 Å². The van der Waals surface area contributed by atoms with Gasteiger partial charge in [0.1, 0.15) is 0 Å². The Balaban J connectivity index is 0.00000484. The fourth-order valence-corrected chi connectivity index (χ4v) is 8.83. The van der Waals surface area contributed by atoms with Crippen LogP contribution in [0.1, 0.15) is 41.5 Å². The van der Waals surface area contributed by atoms with Gasteiger partial charge >= 0.3 is 7.87 Å².